The molecule has 0 bridgehead atoms. The molecule has 0 aliphatic heterocycles. The summed E-state index contributed by atoms with van der Waals surface area (Å²) in [6, 6.07) is 13.3. The van der Waals surface area contributed by atoms with Gasteiger partial charge in [0.05, 0.1) is 7.11 Å². The van der Waals surface area contributed by atoms with Gasteiger partial charge in [0, 0.05) is 24.9 Å². The van der Waals surface area contributed by atoms with Crippen LogP contribution < -0.4 is 10.1 Å². The van der Waals surface area contributed by atoms with Crippen LogP contribution in [-0.4, -0.2) is 23.2 Å². The van der Waals surface area contributed by atoms with Gasteiger partial charge in [-0.25, -0.2) is 4.39 Å². The molecule has 0 aliphatic carbocycles. The number of rotatable bonds is 7. The molecule has 26 heavy (non-hydrogen) atoms. The fourth-order valence-electron chi connectivity index (χ4n) is 2.32. The average Bonchev–Trinajstić information content (AvgIpc) is 3.14. The Morgan fingerprint density at radius 3 is 2.54 bits per heavy atom. The average molecular weight is 355 g/mol. The van der Waals surface area contributed by atoms with Crippen LogP contribution >= 0.6 is 0 Å². The molecule has 1 heterocycles. The van der Waals surface area contributed by atoms with Gasteiger partial charge in [0.1, 0.15) is 11.6 Å². The lowest BCUT2D eigenvalue weighted by Gasteiger charge is -2.05. The van der Waals surface area contributed by atoms with Crippen molar-refractivity contribution in [2.45, 2.75) is 19.4 Å². The number of halogens is 1. The first-order chi connectivity index (χ1) is 12.6. The molecule has 0 radical (unpaired) electrons. The van der Waals surface area contributed by atoms with Crippen LogP contribution in [0.5, 0.6) is 5.75 Å². The second kappa shape index (κ2) is 8.24. The molecule has 1 aromatic heterocycles. The minimum absolute atomic E-state index is 0.109. The summed E-state index contributed by atoms with van der Waals surface area (Å²) in [5, 5.41) is 10.7. The summed E-state index contributed by atoms with van der Waals surface area (Å²) >= 11 is 0. The number of hydrogen-bond acceptors (Lipinski definition) is 5. The van der Waals surface area contributed by atoms with E-state index in [9.17, 15) is 9.18 Å². The Morgan fingerprint density at radius 1 is 1.12 bits per heavy atom. The Hall–Kier alpha value is -3.22. The van der Waals surface area contributed by atoms with Crippen molar-refractivity contribution in [2.75, 3.05) is 7.11 Å². The molecule has 134 valence electrons. The van der Waals surface area contributed by atoms with Crippen molar-refractivity contribution in [2.24, 2.45) is 0 Å². The van der Waals surface area contributed by atoms with Crippen LogP contribution in [0, 0.1) is 5.82 Å². The number of amides is 1. The van der Waals surface area contributed by atoms with Gasteiger partial charge in [-0.05, 0) is 42.0 Å². The molecule has 3 rings (SSSR count). The van der Waals surface area contributed by atoms with Crippen molar-refractivity contribution in [1.82, 2.24) is 15.5 Å². The van der Waals surface area contributed by atoms with Gasteiger partial charge in [0.25, 0.3) is 0 Å². The molecule has 0 saturated heterocycles. The maximum Gasteiger partial charge on any atom is 0.247 e. The van der Waals surface area contributed by atoms with Crippen LogP contribution in [0.25, 0.3) is 11.5 Å². The number of carbonyl (C=O) groups is 1. The van der Waals surface area contributed by atoms with E-state index >= 15 is 0 Å². The minimum atomic E-state index is -0.331. The van der Waals surface area contributed by atoms with Gasteiger partial charge in [-0.15, -0.1) is 10.2 Å². The highest BCUT2D eigenvalue weighted by molar-refractivity contribution is 5.76. The third-order valence-electron chi connectivity index (χ3n) is 3.77. The molecule has 3 aromatic rings. The summed E-state index contributed by atoms with van der Waals surface area (Å²) in [7, 11) is 1.61. The summed E-state index contributed by atoms with van der Waals surface area (Å²) in [6.45, 7) is 0.438. The van der Waals surface area contributed by atoms with Gasteiger partial charge in [0.15, 0.2) is 0 Å². The predicted molar refractivity (Wildman–Crippen MR) is 92.9 cm³/mol. The van der Waals surface area contributed by atoms with Gasteiger partial charge in [-0.3, -0.25) is 4.79 Å². The van der Waals surface area contributed by atoms with E-state index in [1.807, 2.05) is 24.3 Å². The lowest BCUT2D eigenvalue weighted by atomic mass is 10.2. The van der Waals surface area contributed by atoms with Crippen molar-refractivity contribution in [3.63, 3.8) is 0 Å². The first kappa shape index (κ1) is 17.6. The van der Waals surface area contributed by atoms with Crippen molar-refractivity contribution < 1.29 is 18.3 Å². The smallest absolute Gasteiger partial charge is 0.247 e. The third kappa shape index (κ3) is 4.66. The number of nitrogens with zero attached hydrogens (tertiary/aromatic N) is 2. The monoisotopic (exact) mass is 355 g/mol. The van der Waals surface area contributed by atoms with E-state index in [1.54, 1.807) is 19.2 Å². The van der Waals surface area contributed by atoms with Gasteiger partial charge in [-0.2, -0.15) is 0 Å². The van der Waals surface area contributed by atoms with Gasteiger partial charge >= 0.3 is 0 Å². The molecule has 6 nitrogen and oxygen atoms in total. The topological polar surface area (TPSA) is 77.2 Å². The van der Waals surface area contributed by atoms with Gasteiger partial charge in [-0.1, -0.05) is 12.1 Å². The van der Waals surface area contributed by atoms with Crippen LogP contribution in [0.1, 0.15) is 17.9 Å². The number of ether oxygens (including phenoxy) is 1. The zero-order chi connectivity index (χ0) is 18.4. The summed E-state index contributed by atoms with van der Waals surface area (Å²) in [6.07, 6.45) is 0.573. The van der Waals surface area contributed by atoms with Gasteiger partial charge < -0.3 is 14.5 Å². The molecule has 0 unspecified atom stereocenters. The number of carbonyl (C=O) groups excluding carboxylic acids is 1. The highest BCUT2D eigenvalue weighted by atomic mass is 19.1. The quantitative estimate of drug-likeness (QED) is 0.704. The molecule has 1 N–H and O–H groups in total. The zero-order valence-electron chi connectivity index (χ0n) is 14.2. The van der Waals surface area contributed by atoms with E-state index in [-0.39, 0.29) is 18.1 Å². The van der Waals surface area contributed by atoms with Crippen molar-refractivity contribution in [3.8, 4) is 17.2 Å². The fourth-order valence-corrected chi connectivity index (χ4v) is 2.32. The SMILES string of the molecule is COc1ccc(CNC(=O)CCc2nnc(-c3ccc(F)cc3)o2)cc1. The van der Waals surface area contributed by atoms with Crippen LogP contribution in [0.4, 0.5) is 4.39 Å². The molecule has 1 amide bonds. The molecule has 0 aliphatic rings. The predicted octanol–water partition coefficient (Wildman–Crippen LogP) is 3.13. The number of aryl methyl sites for hydroxylation is 1. The molecule has 7 heteroatoms. The maximum absolute atomic E-state index is 12.9. The Morgan fingerprint density at radius 2 is 1.85 bits per heavy atom. The molecular weight excluding hydrogens is 337 g/mol. The van der Waals surface area contributed by atoms with Crippen LogP contribution in [0.15, 0.2) is 52.9 Å². The van der Waals surface area contributed by atoms with E-state index in [2.05, 4.69) is 15.5 Å². The Bertz CT molecular complexity index is 860. The normalized spacial score (nSPS) is 10.5. The minimum Gasteiger partial charge on any atom is -0.497 e. The lowest BCUT2D eigenvalue weighted by molar-refractivity contribution is -0.121. The first-order valence-electron chi connectivity index (χ1n) is 8.12. The van der Waals surface area contributed by atoms with Crippen molar-refractivity contribution >= 4 is 5.91 Å². The number of benzene rings is 2. The molecule has 0 saturated carbocycles. The zero-order valence-corrected chi connectivity index (χ0v) is 14.2. The molecule has 0 spiro atoms. The molecule has 0 atom stereocenters. The number of nitrogens with one attached hydrogen (secondary N) is 1. The summed E-state index contributed by atoms with van der Waals surface area (Å²) in [5.41, 5.74) is 1.62. The Labute approximate surface area is 150 Å². The number of hydrogen-bond donors (Lipinski definition) is 1. The largest absolute Gasteiger partial charge is 0.497 e. The second-order valence-electron chi connectivity index (χ2n) is 5.63. The van der Waals surface area contributed by atoms with E-state index in [4.69, 9.17) is 9.15 Å². The third-order valence-corrected chi connectivity index (χ3v) is 3.77. The van der Waals surface area contributed by atoms with Crippen LogP contribution in [0.2, 0.25) is 0 Å². The Balaban J connectivity index is 1.47. The highest BCUT2D eigenvalue weighted by Crippen LogP contribution is 2.18. The molecule has 2 aromatic carbocycles. The summed E-state index contributed by atoms with van der Waals surface area (Å²) in [4.78, 5) is 12.0. The van der Waals surface area contributed by atoms with E-state index < -0.39 is 0 Å². The van der Waals surface area contributed by atoms with Crippen LogP contribution in [-0.2, 0) is 17.8 Å². The van der Waals surface area contributed by atoms with E-state index in [0.29, 0.717) is 30.3 Å². The second-order valence-corrected chi connectivity index (χ2v) is 5.63. The summed E-state index contributed by atoms with van der Waals surface area (Å²) in [5.74, 6) is 1.00. The van der Waals surface area contributed by atoms with E-state index in [0.717, 1.165) is 11.3 Å². The number of methoxy groups -OCH3 is 1. The molecular formula is C19H18FN3O3. The first-order valence-corrected chi connectivity index (χ1v) is 8.12. The lowest BCUT2D eigenvalue weighted by Crippen LogP contribution is -2.23. The number of aromatic nitrogens is 2. The van der Waals surface area contributed by atoms with Crippen LogP contribution in [0.3, 0.4) is 0 Å². The Kier molecular flexibility index (Phi) is 5.58. The maximum atomic E-state index is 12.9. The van der Waals surface area contributed by atoms with Crippen molar-refractivity contribution in [1.29, 1.82) is 0 Å². The van der Waals surface area contributed by atoms with E-state index in [1.165, 1.54) is 12.1 Å². The standard InChI is InChI=1S/C19H18FN3O3/c1-25-16-8-2-13(3-9-16)12-21-17(24)10-11-18-22-23-19(26-18)14-4-6-15(20)7-5-14/h2-9H,10-12H2,1H3,(H,21,24). The molecule has 0 fully saturated rings. The fraction of sp³-hybridized carbons (Fsp3) is 0.211. The van der Waals surface area contributed by atoms with Crippen molar-refractivity contribution in [3.05, 3.63) is 65.8 Å². The summed E-state index contributed by atoms with van der Waals surface area (Å²) < 4.78 is 23.5. The van der Waals surface area contributed by atoms with Gasteiger partial charge in [0.2, 0.25) is 17.7 Å². The highest BCUT2D eigenvalue weighted by Gasteiger charge is 2.10.